The van der Waals surface area contributed by atoms with Crippen LogP contribution in [0.1, 0.15) is 0 Å². The van der Waals surface area contributed by atoms with Gasteiger partial charge in [0.1, 0.15) is 0 Å². The van der Waals surface area contributed by atoms with Crippen LogP contribution in [-0.4, -0.2) is 49.2 Å². The highest BCUT2D eigenvalue weighted by Gasteiger charge is 2.15. The first-order valence-corrected chi connectivity index (χ1v) is 5.80. The fourth-order valence-corrected chi connectivity index (χ4v) is 1.74. The lowest BCUT2D eigenvalue weighted by molar-refractivity contribution is 0.116. The summed E-state index contributed by atoms with van der Waals surface area (Å²) < 4.78 is 0. The van der Waals surface area contributed by atoms with Gasteiger partial charge in [0, 0.05) is 31.9 Å². The van der Waals surface area contributed by atoms with Crippen LogP contribution in [0, 0.1) is 0 Å². The highest BCUT2D eigenvalue weighted by molar-refractivity contribution is 5.88. The van der Waals surface area contributed by atoms with E-state index in [4.69, 9.17) is 0 Å². The summed E-state index contributed by atoms with van der Waals surface area (Å²) in [5, 5.41) is 4.74. The van der Waals surface area contributed by atoms with Crippen molar-refractivity contribution in [1.29, 1.82) is 0 Å². The van der Waals surface area contributed by atoms with Gasteiger partial charge in [-0.2, -0.15) is 0 Å². The maximum Gasteiger partial charge on any atom is 0.333 e. The lowest BCUT2D eigenvalue weighted by Crippen LogP contribution is -2.53. The zero-order chi connectivity index (χ0) is 12.1. The Kier molecular flexibility index (Phi) is 3.95. The number of nitrogens with one attached hydrogen (secondary N) is 2. The molecule has 1 aliphatic rings. The third-order valence-electron chi connectivity index (χ3n) is 2.79. The van der Waals surface area contributed by atoms with E-state index in [1.54, 1.807) is 0 Å². The van der Waals surface area contributed by atoms with Crippen LogP contribution in [0.4, 0.5) is 10.5 Å². The van der Waals surface area contributed by atoms with Crippen LogP contribution >= 0.6 is 0 Å². The third-order valence-corrected chi connectivity index (χ3v) is 2.79. The Morgan fingerprint density at radius 1 is 1.12 bits per heavy atom. The molecule has 0 unspecified atom stereocenters. The van der Waals surface area contributed by atoms with Gasteiger partial charge in [0.25, 0.3) is 0 Å². The molecule has 1 aromatic rings. The highest BCUT2D eigenvalue weighted by Crippen LogP contribution is 2.04. The molecule has 2 N–H and O–H groups in total. The largest absolute Gasteiger partial charge is 0.333 e. The Hall–Kier alpha value is -1.59. The standard InChI is InChI=1S/C12H18N4O/c1-15-7-9-16(10-8-15)14-12(17)13-11-5-3-2-4-6-11/h2-6H,7-10H2,1H3,(H2,13,14,17). The third kappa shape index (κ3) is 3.72. The fourth-order valence-electron chi connectivity index (χ4n) is 1.74. The van der Waals surface area contributed by atoms with Crippen molar-refractivity contribution >= 4 is 11.7 Å². The Morgan fingerprint density at radius 3 is 2.41 bits per heavy atom. The number of carbonyl (C=O) groups excluding carboxylic acids is 1. The van der Waals surface area contributed by atoms with E-state index in [9.17, 15) is 4.79 Å². The summed E-state index contributed by atoms with van der Waals surface area (Å²) in [6.07, 6.45) is 0. The molecule has 92 valence electrons. The second-order valence-corrected chi connectivity index (χ2v) is 4.22. The van der Waals surface area contributed by atoms with Gasteiger partial charge in [-0.05, 0) is 19.2 Å². The van der Waals surface area contributed by atoms with Crippen molar-refractivity contribution in [1.82, 2.24) is 15.3 Å². The van der Waals surface area contributed by atoms with Crippen molar-refractivity contribution in [3.05, 3.63) is 30.3 Å². The van der Waals surface area contributed by atoms with E-state index in [0.717, 1.165) is 31.9 Å². The molecule has 5 heteroatoms. The van der Waals surface area contributed by atoms with Crippen molar-refractivity contribution in [2.45, 2.75) is 0 Å². The summed E-state index contributed by atoms with van der Waals surface area (Å²) in [4.78, 5) is 13.9. The van der Waals surface area contributed by atoms with Gasteiger partial charge >= 0.3 is 6.03 Å². The number of urea groups is 1. The Balaban J connectivity index is 1.78. The first kappa shape index (κ1) is 11.9. The molecule has 1 heterocycles. The van der Waals surface area contributed by atoms with E-state index in [1.165, 1.54) is 0 Å². The monoisotopic (exact) mass is 234 g/mol. The van der Waals surface area contributed by atoms with Gasteiger partial charge in [0.05, 0.1) is 0 Å². The van der Waals surface area contributed by atoms with Gasteiger partial charge in [0.2, 0.25) is 0 Å². The van der Waals surface area contributed by atoms with Crippen molar-refractivity contribution in [2.24, 2.45) is 0 Å². The number of para-hydroxylation sites is 1. The average Bonchev–Trinajstić information content (AvgIpc) is 2.33. The average molecular weight is 234 g/mol. The molecule has 0 aromatic heterocycles. The second-order valence-electron chi connectivity index (χ2n) is 4.22. The van der Waals surface area contributed by atoms with E-state index in [1.807, 2.05) is 35.3 Å². The topological polar surface area (TPSA) is 47.6 Å². The fraction of sp³-hybridized carbons (Fsp3) is 0.417. The van der Waals surface area contributed by atoms with Crippen LogP contribution in [-0.2, 0) is 0 Å². The Bertz CT molecular complexity index is 360. The van der Waals surface area contributed by atoms with Gasteiger partial charge in [-0.1, -0.05) is 18.2 Å². The van der Waals surface area contributed by atoms with Crippen LogP contribution in [0.5, 0.6) is 0 Å². The molecule has 1 aliphatic heterocycles. The molecule has 0 bridgehead atoms. The van der Waals surface area contributed by atoms with E-state index < -0.39 is 0 Å². The molecule has 5 nitrogen and oxygen atoms in total. The van der Waals surface area contributed by atoms with E-state index in [2.05, 4.69) is 22.7 Å². The number of amides is 2. The molecule has 2 rings (SSSR count). The molecule has 2 amide bonds. The van der Waals surface area contributed by atoms with Gasteiger partial charge < -0.3 is 10.2 Å². The summed E-state index contributed by atoms with van der Waals surface area (Å²) in [6.45, 7) is 3.68. The van der Waals surface area contributed by atoms with Gasteiger partial charge in [-0.3, -0.25) is 5.43 Å². The minimum atomic E-state index is -0.180. The number of likely N-dealkylation sites (N-methyl/N-ethyl adjacent to an activating group) is 1. The molecule has 1 fully saturated rings. The van der Waals surface area contributed by atoms with Gasteiger partial charge in [0.15, 0.2) is 0 Å². The molecule has 0 spiro atoms. The summed E-state index contributed by atoms with van der Waals surface area (Å²) in [5.74, 6) is 0. The SMILES string of the molecule is CN1CCN(NC(=O)Nc2ccccc2)CC1. The minimum Gasteiger partial charge on any atom is -0.307 e. The van der Waals surface area contributed by atoms with Crippen LogP contribution in [0.2, 0.25) is 0 Å². The molecule has 0 saturated carbocycles. The molecule has 1 aromatic carbocycles. The first-order valence-electron chi connectivity index (χ1n) is 5.80. The molecular weight excluding hydrogens is 216 g/mol. The van der Waals surface area contributed by atoms with Crippen LogP contribution in [0.3, 0.4) is 0 Å². The van der Waals surface area contributed by atoms with Crippen molar-refractivity contribution < 1.29 is 4.79 Å². The molecule has 0 aliphatic carbocycles. The number of hydrazine groups is 1. The Labute approximate surface area is 101 Å². The number of carbonyl (C=O) groups is 1. The predicted octanol–water partition coefficient (Wildman–Crippen LogP) is 0.970. The lowest BCUT2D eigenvalue weighted by Gasteiger charge is -2.32. The van der Waals surface area contributed by atoms with Crippen molar-refractivity contribution in [3.8, 4) is 0 Å². The molecule has 1 saturated heterocycles. The zero-order valence-corrected chi connectivity index (χ0v) is 10.0. The number of hydrogen-bond donors (Lipinski definition) is 2. The van der Waals surface area contributed by atoms with Gasteiger partial charge in [-0.15, -0.1) is 0 Å². The Morgan fingerprint density at radius 2 is 1.76 bits per heavy atom. The second kappa shape index (κ2) is 5.65. The summed E-state index contributed by atoms with van der Waals surface area (Å²) in [6, 6.07) is 9.26. The summed E-state index contributed by atoms with van der Waals surface area (Å²) in [7, 11) is 2.08. The predicted molar refractivity (Wildman–Crippen MR) is 67.7 cm³/mol. The van der Waals surface area contributed by atoms with E-state index in [0.29, 0.717) is 0 Å². The number of piperazine rings is 1. The summed E-state index contributed by atoms with van der Waals surface area (Å²) in [5.41, 5.74) is 3.65. The van der Waals surface area contributed by atoms with Crippen LogP contribution in [0.25, 0.3) is 0 Å². The minimum absolute atomic E-state index is 0.180. The molecule has 0 atom stereocenters. The van der Waals surface area contributed by atoms with Crippen molar-refractivity contribution in [3.63, 3.8) is 0 Å². The molecule has 0 radical (unpaired) electrons. The maximum absolute atomic E-state index is 11.7. The smallest absolute Gasteiger partial charge is 0.307 e. The summed E-state index contributed by atoms with van der Waals surface area (Å²) >= 11 is 0. The molecular formula is C12H18N4O. The number of benzene rings is 1. The van der Waals surface area contributed by atoms with Crippen LogP contribution < -0.4 is 10.7 Å². The van der Waals surface area contributed by atoms with Crippen LogP contribution in [0.15, 0.2) is 30.3 Å². The first-order chi connectivity index (χ1) is 8.24. The quantitative estimate of drug-likeness (QED) is 0.801. The lowest BCUT2D eigenvalue weighted by atomic mass is 10.3. The van der Waals surface area contributed by atoms with Gasteiger partial charge in [-0.25, -0.2) is 9.80 Å². The number of nitrogens with zero attached hydrogens (tertiary/aromatic N) is 2. The number of hydrogen-bond acceptors (Lipinski definition) is 3. The molecule has 17 heavy (non-hydrogen) atoms. The zero-order valence-electron chi connectivity index (χ0n) is 10.0. The van der Waals surface area contributed by atoms with E-state index >= 15 is 0 Å². The highest BCUT2D eigenvalue weighted by atomic mass is 16.2. The number of anilines is 1. The number of rotatable bonds is 2. The maximum atomic E-state index is 11.7. The van der Waals surface area contributed by atoms with Crippen molar-refractivity contribution in [2.75, 3.05) is 38.5 Å². The normalized spacial score (nSPS) is 17.7. The van der Waals surface area contributed by atoms with E-state index in [-0.39, 0.29) is 6.03 Å².